The van der Waals surface area contributed by atoms with E-state index in [0.717, 1.165) is 35.3 Å². The summed E-state index contributed by atoms with van der Waals surface area (Å²) in [6.07, 6.45) is 5.82. The Bertz CT molecular complexity index is 805. The molecule has 0 spiro atoms. The summed E-state index contributed by atoms with van der Waals surface area (Å²) in [5.74, 6) is 0.437. The number of hydrogen-bond donors (Lipinski definition) is 1. The van der Waals surface area contributed by atoms with E-state index in [2.05, 4.69) is 14.5 Å². The van der Waals surface area contributed by atoms with Crippen LogP contribution in [0.25, 0.3) is 22.4 Å². The van der Waals surface area contributed by atoms with Crippen LogP contribution >= 0.6 is 0 Å². The SMILES string of the molecule is Nc1cc(-c2nc3cnccc3n2C2CC2)ccc1F. The molecule has 1 saturated carbocycles. The Balaban J connectivity index is 1.98. The first-order valence-electron chi connectivity index (χ1n) is 6.61. The topological polar surface area (TPSA) is 56.7 Å². The molecule has 1 aliphatic carbocycles. The molecule has 0 atom stereocenters. The third-order valence-corrected chi connectivity index (χ3v) is 3.66. The van der Waals surface area contributed by atoms with Gasteiger partial charge in [-0.25, -0.2) is 9.37 Å². The van der Waals surface area contributed by atoms with Crippen molar-refractivity contribution in [2.75, 3.05) is 5.73 Å². The highest BCUT2D eigenvalue weighted by molar-refractivity contribution is 5.80. The summed E-state index contributed by atoms with van der Waals surface area (Å²) >= 11 is 0. The van der Waals surface area contributed by atoms with Crippen LogP contribution in [0.5, 0.6) is 0 Å². The minimum absolute atomic E-state index is 0.148. The van der Waals surface area contributed by atoms with E-state index in [1.807, 2.05) is 6.07 Å². The van der Waals surface area contributed by atoms with Gasteiger partial charge in [-0.3, -0.25) is 4.98 Å². The number of benzene rings is 1. The lowest BCUT2D eigenvalue weighted by Gasteiger charge is -2.08. The molecule has 1 fully saturated rings. The number of anilines is 1. The number of hydrogen-bond acceptors (Lipinski definition) is 3. The number of rotatable bonds is 2. The van der Waals surface area contributed by atoms with E-state index in [1.54, 1.807) is 24.5 Å². The largest absolute Gasteiger partial charge is 0.396 e. The Morgan fingerprint density at radius 1 is 1.25 bits per heavy atom. The van der Waals surface area contributed by atoms with Crippen molar-refractivity contribution in [3.8, 4) is 11.4 Å². The minimum atomic E-state index is -0.399. The van der Waals surface area contributed by atoms with Gasteiger partial charge in [-0.1, -0.05) is 0 Å². The number of imidazole rings is 1. The maximum absolute atomic E-state index is 13.3. The summed E-state index contributed by atoms with van der Waals surface area (Å²) in [6, 6.07) is 7.20. The van der Waals surface area contributed by atoms with Gasteiger partial charge in [0.1, 0.15) is 17.2 Å². The summed E-state index contributed by atoms with van der Waals surface area (Å²) in [6.45, 7) is 0. The van der Waals surface area contributed by atoms with Crippen LogP contribution in [0.3, 0.4) is 0 Å². The number of nitrogen functional groups attached to an aromatic ring is 1. The predicted molar refractivity (Wildman–Crippen MR) is 75.6 cm³/mol. The van der Waals surface area contributed by atoms with Gasteiger partial charge in [-0.2, -0.15) is 0 Å². The lowest BCUT2D eigenvalue weighted by molar-refractivity contribution is 0.632. The van der Waals surface area contributed by atoms with Gasteiger partial charge in [0, 0.05) is 17.8 Å². The van der Waals surface area contributed by atoms with Crippen LogP contribution in [0, 0.1) is 5.82 Å². The fourth-order valence-electron chi connectivity index (χ4n) is 2.54. The first-order chi connectivity index (χ1) is 9.74. The first-order valence-corrected chi connectivity index (χ1v) is 6.61. The molecule has 0 amide bonds. The first kappa shape index (κ1) is 11.4. The third-order valence-electron chi connectivity index (χ3n) is 3.66. The van der Waals surface area contributed by atoms with Gasteiger partial charge in [-0.05, 0) is 37.1 Å². The maximum atomic E-state index is 13.3. The Morgan fingerprint density at radius 3 is 2.85 bits per heavy atom. The zero-order chi connectivity index (χ0) is 13.7. The summed E-state index contributed by atoms with van der Waals surface area (Å²) in [5, 5.41) is 0. The molecule has 0 saturated heterocycles. The molecular formula is C15H13FN4. The molecule has 0 bridgehead atoms. The van der Waals surface area contributed by atoms with Crippen molar-refractivity contribution in [1.82, 2.24) is 14.5 Å². The second kappa shape index (κ2) is 4.03. The molecule has 1 aliphatic rings. The van der Waals surface area contributed by atoms with Crippen LogP contribution in [0.15, 0.2) is 36.7 Å². The number of nitrogens with two attached hydrogens (primary N) is 1. The second-order valence-corrected chi connectivity index (χ2v) is 5.14. The van der Waals surface area contributed by atoms with Gasteiger partial charge in [0.25, 0.3) is 0 Å². The molecule has 0 aliphatic heterocycles. The van der Waals surface area contributed by atoms with E-state index in [-0.39, 0.29) is 5.69 Å². The van der Waals surface area contributed by atoms with Gasteiger partial charge in [-0.15, -0.1) is 0 Å². The fraction of sp³-hybridized carbons (Fsp3) is 0.200. The smallest absolute Gasteiger partial charge is 0.146 e. The van der Waals surface area contributed by atoms with Crippen LogP contribution < -0.4 is 5.73 Å². The van der Waals surface area contributed by atoms with Crippen LogP contribution in [0.2, 0.25) is 0 Å². The Kier molecular flexibility index (Phi) is 2.30. The van der Waals surface area contributed by atoms with Gasteiger partial charge < -0.3 is 10.3 Å². The zero-order valence-electron chi connectivity index (χ0n) is 10.8. The molecular weight excluding hydrogens is 255 g/mol. The van der Waals surface area contributed by atoms with Crippen LogP contribution in [-0.4, -0.2) is 14.5 Å². The van der Waals surface area contributed by atoms with Crippen molar-refractivity contribution in [2.45, 2.75) is 18.9 Å². The van der Waals surface area contributed by atoms with E-state index in [4.69, 9.17) is 5.73 Å². The van der Waals surface area contributed by atoms with E-state index >= 15 is 0 Å². The van der Waals surface area contributed by atoms with Gasteiger partial charge in [0.05, 0.1) is 17.4 Å². The standard InChI is InChI=1S/C15H13FN4/c16-11-4-1-9(7-12(11)17)15-19-13-8-18-6-5-14(13)20(15)10-2-3-10/h1,4-8,10H,2-3,17H2. The lowest BCUT2D eigenvalue weighted by Crippen LogP contribution is -1.99. The summed E-state index contributed by atoms with van der Waals surface area (Å²) in [5.41, 5.74) is 8.59. The minimum Gasteiger partial charge on any atom is -0.396 e. The lowest BCUT2D eigenvalue weighted by atomic mass is 10.2. The molecule has 3 aromatic rings. The molecule has 20 heavy (non-hydrogen) atoms. The highest BCUT2D eigenvalue weighted by Gasteiger charge is 2.28. The molecule has 2 N–H and O–H groups in total. The Hall–Kier alpha value is -2.43. The molecule has 4 rings (SSSR count). The number of aromatic nitrogens is 3. The average Bonchev–Trinajstić information content (AvgIpc) is 3.22. The van der Waals surface area contributed by atoms with Gasteiger partial charge >= 0.3 is 0 Å². The van der Waals surface area contributed by atoms with Crippen molar-refractivity contribution in [3.05, 3.63) is 42.5 Å². The molecule has 100 valence electrons. The highest BCUT2D eigenvalue weighted by Crippen LogP contribution is 2.41. The average molecular weight is 268 g/mol. The molecule has 5 heteroatoms. The zero-order valence-corrected chi connectivity index (χ0v) is 10.8. The third kappa shape index (κ3) is 1.66. The monoisotopic (exact) mass is 268 g/mol. The quantitative estimate of drug-likeness (QED) is 0.726. The van der Waals surface area contributed by atoms with Crippen molar-refractivity contribution in [1.29, 1.82) is 0 Å². The van der Waals surface area contributed by atoms with Crippen LogP contribution in [0.1, 0.15) is 18.9 Å². The van der Waals surface area contributed by atoms with E-state index in [9.17, 15) is 4.39 Å². The van der Waals surface area contributed by atoms with Crippen LogP contribution in [-0.2, 0) is 0 Å². The molecule has 1 aromatic carbocycles. The molecule has 2 aromatic heterocycles. The maximum Gasteiger partial charge on any atom is 0.146 e. The number of nitrogens with zero attached hydrogens (tertiary/aromatic N) is 3. The summed E-state index contributed by atoms with van der Waals surface area (Å²) in [7, 11) is 0. The van der Waals surface area contributed by atoms with Crippen molar-refractivity contribution < 1.29 is 4.39 Å². The van der Waals surface area contributed by atoms with Gasteiger partial charge in [0.2, 0.25) is 0 Å². The van der Waals surface area contributed by atoms with E-state index < -0.39 is 5.82 Å². The van der Waals surface area contributed by atoms with E-state index in [0.29, 0.717) is 6.04 Å². The molecule has 0 unspecified atom stereocenters. The van der Waals surface area contributed by atoms with Crippen molar-refractivity contribution >= 4 is 16.7 Å². The Labute approximate surface area is 115 Å². The van der Waals surface area contributed by atoms with Crippen molar-refractivity contribution in [3.63, 3.8) is 0 Å². The number of fused-ring (bicyclic) bond motifs is 1. The van der Waals surface area contributed by atoms with Crippen molar-refractivity contribution in [2.24, 2.45) is 0 Å². The van der Waals surface area contributed by atoms with Crippen LogP contribution in [0.4, 0.5) is 10.1 Å². The molecule has 0 radical (unpaired) electrons. The number of pyridine rings is 1. The Morgan fingerprint density at radius 2 is 2.10 bits per heavy atom. The second-order valence-electron chi connectivity index (χ2n) is 5.14. The fourth-order valence-corrected chi connectivity index (χ4v) is 2.54. The summed E-state index contributed by atoms with van der Waals surface area (Å²) < 4.78 is 15.5. The normalized spacial score (nSPS) is 14.8. The number of halogens is 1. The molecule has 4 nitrogen and oxygen atoms in total. The van der Waals surface area contributed by atoms with Gasteiger partial charge in [0.15, 0.2) is 0 Å². The predicted octanol–water partition coefficient (Wildman–Crippen LogP) is 3.15. The van der Waals surface area contributed by atoms with E-state index in [1.165, 1.54) is 6.07 Å². The molecule has 2 heterocycles. The summed E-state index contributed by atoms with van der Waals surface area (Å²) in [4.78, 5) is 8.75. The highest BCUT2D eigenvalue weighted by atomic mass is 19.1.